The van der Waals surface area contributed by atoms with Crippen LogP contribution in [0.25, 0.3) is 0 Å². The monoisotopic (exact) mass is 1110 g/mol. The number of unbranched alkanes of at least 4 members (excludes halogenated alkanes) is 25. The van der Waals surface area contributed by atoms with Gasteiger partial charge >= 0.3 is 19.8 Å². The van der Waals surface area contributed by atoms with Crippen LogP contribution in [0.2, 0.25) is 0 Å². The molecule has 78 heavy (non-hydrogen) atoms. The fourth-order valence-electron chi connectivity index (χ4n) is 8.51. The molecule has 0 saturated heterocycles. The van der Waals surface area contributed by atoms with E-state index in [1.54, 1.807) is 0 Å². The summed E-state index contributed by atoms with van der Waals surface area (Å²) in [4.78, 5) is 35.8. The van der Waals surface area contributed by atoms with Crippen LogP contribution in [0.15, 0.2) is 109 Å². The largest absolute Gasteiger partial charge is 0.472 e. The molecule has 2 unspecified atom stereocenters. The summed E-state index contributed by atoms with van der Waals surface area (Å²) < 4.78 is 34.6. The maximum absolute atomic E-state index is 12.8. The number of ether oxygens (including phenoxy) is 2. The van der Waals surface area contributed by atoms with Gasteiger partial charge in [0.1, 0.15) is 19.8 Å². The molecule has 0 aliphatic rings. The smallest absolute Gasteiger partial charge is 0.462 e. The fraction of sp³-hybridized carbons (Fsp3) is 0.706. The second-order valence-corrected chi connectivity index (χ2v) is 23.5. The Morgan fingerprint density at radius 2 is 0.692 bits per heavy atom. The maximum atomic E-state index is 12.8. The highest BCUT2D eigenvalue weighted by Gasteiger charge is 2.27. The van der Waals surface area contributed by atoms with E-state index in [1.165, 1.54) is 122 Å². The van der Waals surface area contributed by atoms with Gasteiger partial charge in [-0.2, -0.15) is 0 Å². The van der Waals surface area contributed by atoms with Crippen molar-refractivity contribution in [3.05, 3.63) is 109 Å². The summed E-state index contributed by atoms with van der Waals surface area (Å²) in [6.45, 7) is 4.21. The number of quaternary nitrogens is 1. The molecule has 0 bridgehead atoms. The van der Waals surface area contributed by atoms with E-state index in [1.807, 2.05) is 21.1 Å². The molecule has 0 amide bonds. The van der Waals surface area contributed by atoms with Gasteiger partial charge in [-0.3, -0.25) is 18.6 Å². The van der Waals surface area contributed by atoms with Gasteiger partial charge in [0.05, 0.1) is 27.7 Å². The minimum absolute atomic E-state index is 0.0251. The molecule has 1 N–H and O–H groups in total. The molecule has 0 aliphatic heterocycles. The van der Waals surface area contributed by atoms with Crippen molar-refractivity contribution < 1.29 is 42.1 Å². The molecular weight excluding hydrogens is 990 g/mol. The maximum Gasteiger partial charge on any atom is 0.472 e. The Labute approximate surface area is 480 Å². The molecule has 448 valence electrons. The minimum atomic E-state index is -4.40. The third-order valence-corrected chi connectivity index (χ3v) is 14.3. The lowest BCUT2D eigenvalue weighted by atomic mass is 10.0. The van der Waals surface area contributed by atoms with E-state index in [0.29, 0.717) is 17.4 Å². The summed E-state index contributed by atoms with van der Waals surface area (Å²) in [5.41, 5.74) is 0. The van der Waals surface area contributed by atoms with Gasteiger partial charge in [0, 0.05) is 12.8 Å². The summed E-state index contributed by atoms with van der Waals surface area (Å²) in [6.07, 6.45) is 81.7. The van der Waals surface area contributed by atoms with Crippen LogP contribution in [0.4, 0.5) is 0 Å². The van der Waals surface area contributed by atoms with E-state index in [2.05, 4.69) is 123 Å². The minimum Gasteiger partial charge on any atom is -0.462 e. The zero-order valence-corrected chi connectivity index (χ0v) is 51.8. The molecular formula is C68H119NO8P+. The van der Waals surface area contributed by atoms with Crippen molar-refractivity contribution in [3.63, 3.8) is 0 Å². The van der Waals surface area contributed by atoms with E-state index >= 15 is 0 Å². The quantitative estimate of drug-likeness (QED) is 0.0211. The van der Waals surface area contributed by atoms with Gasteiger partial charge in [0.25, 0.3) is 0 Å². The molecule has 2 atom stereocenters. The summed E-state index contributed by atoms with van der Waals surface area (Å²) in [6, 6.07) is 0. The van der Waals surface area contributed by atoms with Gasteiger partial charge in [0.2, 0.25) is 0 Å². The normalized spacial score (nSPS) is 14.0. The molecule has 0 aromatic carbocycles. The zero-order chi connectivity index (χ0) is 57.0. The molecule has 0 fully saturated rings. The second-order valence-electron chi connectivity index (χ2n) is 22.0. The Morgan fingerprint density at radius 3 is 1.03 bits per heavy atom. The number of rotatable bonds is 57. The summed E-state index contributed by atoms with van der Waals surface area (Å²) in [5.74, 6) is -0.809. The van der Waals surface area contributed by atoms with Crippen LogP contribution >= 0.6 is 7.82 Å². The molecule has 0 saturated carbocycles. The van der Waals surface area contributed by atoms with E-state index in [-0.39, 0.29) is 32.0 Å². The Balaban J connectivity index is 4.10. The van der Waals surface area contributed by atoms with E-state index in [4.69, 9.17) is 18.5 Å². The lowest BCUT2D eigenvalue weighted by Crippen LogP contribution is -2.37. The van der Waals surface area contributed by atoms with Crippen molar-refractivity contribution in [1.29, 1.82) is 0 Å². The number of carbonyl (C=O) groups excluding carboxylic acids is 2. The van der Waals surface area contributed by atoms with E-state index in [9.17, 15) is 19.0 Å². The first-order chi connectivity index (χ1) is 38.0. The standard InChI is InChI=1S/C68H118NO8P/c1-6-8-10-12-14-16-18-20-22-24-26-28-30-31-32-33-34-35-36-37-39-40-42-44-46-48-50-52-54-56-58-60-67(70)74-64-66(65-76-78(72,73)75-63-62-69(3,4)5)77-68(71)61-59-57-55-53-51-49-47-45-43-41-38-29-27-25-23-21-19-17-15-13-11-9-7-2/h8-11,14-17,20-23,26-29,41,43,66H,6-7,12-13,18-19,24-25,30-40,42,44-65H2,1-5H3/p+1/b10-8-,11-9-,16-14-,17-15-,22-20-,23-21-,28-26-,29-27-,43-41-. The molecule has 0 radical (unpaired) electrons. The van der Waals surface area contributed by atoms with E-state index < -0.39 is 26.5 Å². The van der Waals surface area contributed by atoms with Gasteiger partial charge in [-0.15, -0.1) is 0 Å². The number of phosphoric ester groups is 1. The third-order valence-electron chi connectivity index (χ3n) is 13.3. The number of likely N-dealkylation sites (N-methyl/N-ethyl adjacent to an activating group) is 1. The van der Waals surface area contributed by atoms with Gasteiger partial charge < -0.3 is 18.9 Å². The number of allylic oxidation sites excluding steroid dienone is 18. The molecule has 0 spiro atoms. The molecule has 10 heteroatoms. The lowest BCUT2D eigenvalue weighted by molar-refractivity contribution is -0.870. The van der Waals surface area contributed by atoms with Crippen molar-refractivity contribution >= 4 is 19.8 Å². The van der Waals surface area contributed by atoms with Crippen LogP contribution in [-0.2, 0) is 32.7 Å². The van der Waals surface area contributed by atoms with Crippen molar-refractivity contribution in [2.75, 3.05) is 47.5 Å². The number of carbonyl (C=O) groups is 2. The van der Waals surface area contributed by atoms with Crippen LogP contribution in [0.1, 0.15) is 258 Å². The first-order valence-electron chi connectivity index (χ1n) is 31.6. The van der Waals surface area contributed by atoms with Gasteiger partial charge in [0.15, 0.2) is 6.10 Å². The number of phosphoric acid groups is 1. The predicted octanol–water partition coefficient (Wildman–Crippen LogP) is 20.2. The van der Waals surface area contributed by atoms with Crippen molar-refractivity contribution in [3.8, 4) is 0 Å². The average molecular weight is 1110 g/mol. The first kappa shape index (κ1) is 74.7. The SMILES string of the molecule is CC/C=C\C/C=C\C/C=C\C/C=C\C/C=C\CCCCCCCCCC(=O)OC(COC(=O)CCCCCCCCCCCCCCCCCCCC/C=C\C/C=C\C/C=C\C/C=C\CC)COP(=O)(O)OCC[N+](C)(C)C. The Hall–Kier alpha value is -3.33. The lowest BCUT2D eigenvalue weighted by Gasteiger charge is -2.24. The molecule has 0 aromatic rings. The van der Waals surface area contributed by atoms with Gasteiger partial charge in [-0.1, -0.05) is 258 Å². The van der Waals surface area contributed by atoms with Crippen molar-refractivity contribution in [2.45, 2.75) is 264 Å². The number of hydrogen-bond acceptors (Lipinski definition) is 7. The zero-order valence-electron chi connectivity index (χ0n) is 50.9. The average Bonchev–Trinajstić information content (AvgIpc) is 3.40. The second kappa shape index (κ2) is 58.3. The summed E-state index contributed by atoms with van der Waals surface area (Å²) in [7, 11) is 1.46. The van der Waals surface area contributed by atoms with Crippen LogP contribution in [0, 0.1) is 0 Å². The highest BCUT2D eigenvalue weighted by Crippen LogP contribution is 2.43. The van der Waals surface area contributed by atoms with Gasteiger partial charge in [-0.25, -0.2) is 4.57 Å². The summed E-state index contributed by atoms with van der Waals surface area (Å²) >= 11 is 0. The molecule has 0 rings (SSSR count). The van der Waals surface area contributed by atoms with Crippen molar-refractivity contribution in [1.82, 2.24) is 0 Å². The highest BCUT2D eigenvalue weighted by atomic mass is 31.2. The molecule has 9 nitrogen and oxygen atoms in total. The third kappa shape index (κ3) is 61.9. The van der Waals surface area contributed by atoms with Crippen LogP contribution in [0.5, 0.6) is 0 Å². The molecule has 0 aliphatic carbocycles. The Kier molecular flexibility index (Phi) is 55.8. The Bertz CT molecular complexity index is 1680. The molecule has 0 aromatic heterocycles. The van der Waals surface area contributed by atoms with Crippen LogP contribution in [0.3, 0.4) is 0 Å². The first-order valence-corrected chi connectivity index (χ1v) is 33.1. The van der Waals surface area contributed by atoms with Gasteiger partial charge in [-0.05, 0) is 96.3 Å². The number of hydrogen-bond donors (Lipinski definition) is 1. The van der Waals surface area contributed by atoms with Crippen LogP contribution < -0.4 is 0 Å². The van der Waals surface area contributed by atoms with Crippen molar-refractivity contribution in [2.24, 2.45) is 0 Å². The molecule has 0 heterocycles. The summed E-state index contributed by atoms with van der Waals surface area (Å²) in [5, 5.41) is 0. The predicted molar refractivity (Wildman–Crippen MR) is 335 cm³/mol. The Morgan fingerprint density at radius 1 is 0.397 bits per heavy atom. The highest BCUT2D eigenvalue weighted by molar-refractivity contribution is 7.47. The number of nitrogens with zero attached hydrogens (tertiary/aromatic N) is 1. The fourth-order valence-corrected chi connectivity index (χ4v) is 9.25. The van der Waals surface area contributed by atoms with E-state index in [0.717, 1.165) is 103 Å². The number of esters is 2. The van der Waals surface area contributed by atoms with Crippen LogP contribution in [-0.4, -0.2) is 74.9 Å². The topological polar surface area (TPSA) is 108 Å².